The zero-order valence-electron chi connectivity index (χ0n) is 13.3. The first-order chi connectivity index (χ1) is 9.93. The van der Waals surface area contributed by atoms with Gasteiger partial charge >= 0.3 is 0 Å². The topological polar surface area (TPSA) is 62.0 Å². The number of benzene rings is 1. The van der Waals surface area contributed by atoms with Gasteiger partial charge in [0.2, 0.25) is 0 Å². The lowest BCUT2D eigenvalue weighted by Crippen LogP contribution is -2.50. The number of anilines is 1. The molecule has 21 heavy (non-hydrogen) atoms. The molecule has 5 heteroatoms. The summed E-state index contributed by atoms with van der Waals surface area (Å²) in [6.45, 7) is 8.73. The maximum atomic E-state index is 9.91. The summed E-state index contributed by atoms with van der Waals surface area (Å²) in [5.41, 5.74) is 7.52. The van der Waals surface area contributed by atoms with E-state index in [2.05, 4.69) is 15.9 Å². The number of hydrogen-bond donors (Lipinski definition) is 2. The van der Waals surface area contributed by atoms with E-state index in [-0.39, 0.29) is 0 Å². The molecular formula is C16H27N3O2. The molecule has 1 aromatic carbocycles. The molecule has 2 rings (SSSR count). The van der Waals surface area contributed by atoms with Crippen molar-refractivity contribution in [1.82, 2.24) is 4.90 Å². The lowest BCUT2D eigenvalue weighted by molar-refractivity contribution is 0.0345. The molecule has 0 aliphatic carbocycles. The Morgan fingerprint density at radius 1 is 1.24 bits per heavy atom. The highest BCUT2D eigenvalue weighted by atomic mass is 16.5. The summed E-state index contributed by atoms with van der Waals surface area (Å²) in [4.78, 5) is 4.66. The molecule has 1 aromatic rings. The van der Waals surface area contributed by atoms with E-state index in [1.807, 2.05) is 26.0 Å². The highest BCUT2D eigenvalue weighted by molar-refractivity contribution is 5.57. The van der Waals surface area contributed by atoms with E-state index < -0.39 is 5.60 Å². The number of ether oxygens (including phenoxy) is 1. The van der Waals surface area contributed by atoms with Crippen LogP contribution in [0.1, 0.15) is 19.4 Å². The van der Waals surface area contributed by atoms with Crippen LogP contribution in [0.3, 0.4) is 0 Å². The molecule has 0 spiro atoms. The Hall–Kier alpha value is -1.30. The molecule has 5 nitrogen and oxygen atoms in total. The number of β-amino-alcohol motifs (C(OH)–C–C–N with tert-alkyl or cyclic N) is 1. The minimum Gasteiger partial charge on any atom is -0.497 e. The number of nitrogens with zero attached hydrogens (tertiary/aromatic N) is 2. The number of aliphatic hydroxyl groups is 1. The first kappa shape index (κ1) is 16.1. The fraction of sp³-hybridized carbons (Fsp3) is 0.625. The van der Waals surface area contributed by atoms with Crippen LogP contribution < -0.4 is 15.4 Å². The second-order valence-electron chi connectivity index (χ2n) is 6.27. The van der Waals surface area contributed by atoms with Crippen molar-refractivity contribution in [3.05, 3.63) is 23.8 Å². The van der Waals surface area contributed by atoms with Crippen LogP contribution in [-0.2, 0) is 6.54 Å². The molecule has 3 N–H and O–H groups in total. The van der Waals surface area contributed by atoms with Gasteiger partial charge in [-0.05, 0) is 25.5 Å². The average Bonchev–Trinajstić information content (AvgIpc) is 2.45. The van der Waals surface area contributed by atoms with Crippen molar-refractivity contribution < 1.29 is 9.84 Å². The van der Waals surface area contributed by atoms with E-state index in [1.165, 1.54) is 5.69 Å². The Morgan fingerprint density at radius 2 is 1.90 bits per heavy atom. The van der Waals surface area contributed by atoms with Gasteiger partial charge in [0.1, 0.15) is 5.75 Å². The molecule has 1 saturated heterocycles. The van der Waals surface area contributed by atoms with E-state index >= 15 is 0 Å². The number of hydrogen-bond acceptors (Lipinski definition) is 5. The van der Waals surface area contributed by atoms with Crippen molar-refractivity contribution in [1.29, 1.82) is 0 Å². The maximum Gasteiger partial charge on any atom is 0.120 e. The number of methoxy groups -OCH3 is 1. The van der Waals surface area contributed by atoms with E-state index in [0.717, 1.165) is 37.5 Å². The number of rotatable bonds is 5. The summed E-state index contributed by atoms with van der Waals surface area (Å²) in [6, 6.07) is 6.06. The molecule has 1 aliphatic heterocycles. The third-order valence-electron chi connectivity index (χ3n) is 3.84. The predicted octanol–water partition coefficient (Wildman–Crippen LogP) is 1.05. The van der Waals surface area contributed by atoms with Crippen LogP contribution in [0.2, 0.25) is 0 Å². The van der Waals surface area contributed by atoms with E-state index in [0.29, 0.717) is 13.1 Å². The van der Waals surface area contributed by atoms with Gasteiger partial charge in [-0.25, -0.2) is 0 Å². The van der Waals surface area contributed by atoms with Crippen molar-refractivity contribution >= 4 is 5.69 Å². The largest absolute Gasteiger partial charge is 0.497 e. The van der Waals surface area contributed by atoms with Gasteiger partial charge in [-0.15, -0.1) is 0 Å². The summed E-state index contributed by atoms with van der Waals surface area (Å²) < 4.78 is 5.32. The van der Waals surface area contributed by atoms with Crippen LogP contribution in [0.25, 0.3) is 0 Å². The zero-order valence-corrected chi connectivity index (χ0v) is 13.3. The average molecular weight is 293 g/mol. The quantitative estimate of drug-likeness (QED) is 0.849. The van der Waals surface area contributed by atoms with Crippen LogP contribution in [0.4, 0.5) is 5.69 Å². The van der Waals surface area contributed by atoms with Gasteiger partial charge in [0.25, 0.3) is 0 Å². The predicted molar refractivity (Wildman–Crippen MR) is 85.8 cm³/mol. The molecule has 0 amide bonds. The number of nitrogens with two attached hydrogens (primary N) is 1. The highest BCUT2D eigenvalue weighted by Gasteiger charge is 2.23. The molecule has 1 heterocycles. The third-order valence-corrected chi connectivity index (χ3v) is 3.84. The van der Waals surface area contributed by atoms with Crippen LogP contribution >= 0.6 is 0 Å². The second-order valence-corrected chi connectivity index (χ2v) is 6.27. The summed E-state index contributed by atoms with van der Waals surface area (Å²) >= 11 is 0. The van der Waals surface area contributed by atoms with Crippen molar-refractivity contribution in [3.8, 4) is 5.75 Å². The Morgan fingerprint density at radius 3 is 2.43 bits per heavy atom. The lowest BCUT2D eigenvalue weighted by Gasteiger charge is -2.39. The summed E-state index contributed by atoms with van der Waals surface area (Å²) in [5, 5.41) is 9.91. The first-order valence-corrected chi connectivity index (χ1v) is 7.49. The molecule has 0 radical (unpaired) electrons. The summed E-state index contributed by atoms with van der Waals surface area (Å²) in [6.07, 6.45) is 0. The first-order valence-electron chi connectivity index (χ1n) is 7.49. The third kappa shape index (κ3) is 4.33. The molecule has 1 fully saturated rings. The maximum absolute atomic E-state index is 9.91. The van der Waals surface area contributed by atoms with Crippen molar-refractivity contribution in [2.75, 3.05) is 44.7 Å². The SMILES string of the molecule is COc1ccc(CN)c(N2CCN(CC(C)(C)O)CC2)c1. The van der Waals surface area contributed by atoms with Crippen molar-refractivity contribution in [2.45, 2.75) is 26.0 Å². The molecule has 0 saturated carbocycles. The van der Waals surface area contributed by atoms with Crippen LogP contribution in [0.5, 0.6) is 5.75 Å². The van der Waals surface area contributed by atoms with Gasteiger partial charge in [-0.3, -0.25) is 4.90 Å². The van der Waals surface area contributed by atoms with Crippen molar-refractivity contribution in [3.63, 3.8) is 0 Å². The lowest BCUT2D eigenvalue weighted by atomic mass is 10.1. The summed E-state index contributed by atoms with van der Waals surface area (Å²) in [7, 11) is 1.68. The molecule has 0 bridgehead atoms. The van der Waals surface area contributed by atoms with Crippen LogP contribution in [-0.4, -0.2) is 55.4 Å². The Labute approximate surface area is 127 Å². The zero-order chi connectivity index (χ0) is 15.5. The van der Waals surface area contributed by atoms with Crippen molar-refractivity contribution in [2.24, 2.45) is 5.73 Å². The van der Waals surface area contributed by atoms with Gasteiger partial charge in [0.05, 0.1) is 12.7 Å². The Kier molecular flexibility index (Phi) is 5.08. The fourth-order valence-electron chi connectivity index (χ4n) is 2.83. The monoisotopic (exact) mass is 293 g/mol. The van der Waals surface area contributed by atoms with Gasteiger partial charge in [-0.2, -0.15) is 0 Å². The molecular weight excluding hydrogens is 266 g/mol. The van der Waals surface area contributed by atoms with Gasteiger partial charge in [0.15, 0.2) is 0 Å². The standard InChI is InChI=1S/C16H27N3O2/c1-16(2,20)12-18-6-8-19(9-7-18)15-10-14(21-3)5-4-13(15)11-17/h4-5,10,20H,6-9,11-12,17H2,1-3H3. The van der Waals surface area contributed by atoms with E-state index in [4.69, 9.17) is 10.5 Å². The fourth-order valence-corrected chi connectivity index (χ4v) is 2.83. The van der Waals surface area contributed by atoms with Gasteiger partial charge < -0.3 is 20.5 Å². The van der Waals surface area contributed by atoms with E-state index in [1.54, 1.807) is 7.11 Å². The van der Waals surface area contributed by atoms with Crippen LogP contribution in [0, 0.1) is 0 Å². The van der Waals surface area contributed by atoms with E-state index in [9.17, 15) is 5.11 Å². The normalized spacial score (nSPS) is 17.1. The molecule has 1 aliphatic rings. The van der Waals surface area contributed by atoms with Gasteiger partial charge in [0, 0.05) is 51.0 Å². The minimum atomic E-state index is -0.638. The molecule has 118 valence electrons. The molecule has 0 atom stereocenters. The van der Waals surface area contributed by atoms with Crippen LogP contribution in [0.15, 0.2) is 18.2 Å². The molecule has 0 aromatic heterocycles. The smallest absolute Gasteiger partial charge is 0.120 e. The second kappa shape index (κ2) is 6.64. The van der Waals surface area contributed by atoms with Gasteiger partial charge in [-0.1, -0.05) is 6.07 Å². The Bertz CT molecular complexity index is 463. The number of piperazine rings is 1. The molecule has 0 unspecified atom stereocenters. The summed E-state index contributed by atoms with van der Waals surface area (Å²) in [5.74, 6) is 0.862. The Balaban J connectivity index is 2.04. The minimum absolute atomic E-state index is 0.531. The highest BCUT2D eigenvalue weighted by Crippen LogP contribution is 2.27.